The van der Waals surface area contributed by atoms with Gasteiger partial charge in [-0.15, -0.1) is 0 Å². The lowest BCUT2D eigenvalue weighted by molar-refractivity contribution is 0.103. The van der Waals surface area contributed by atoms with Crippen molar-refractivity contribution in [2.45, 2.75) is 0 Å². The zero-order chi connectivity index (χ0) is 19.7. The number of aromatic hydroxyl groups is 2. The highest BCUT2D eigenvalue weighted by Gasteiger charge is 2.21. The monoisotopic (exact) mass is 371 g/mol. The average Bonchev–Trinajstić information content (AvgIpc) is 3.17. The Labute approximate surface area is 161 Å². The maximum Gasteiger partial charge on any atom is 0.197 e. The second-order valence-corrected chi connectivity index (χ2v) is 6.27. The molecular weight excluding hydrogens is 354 g/mol. The number of hydrogen-bond donors (Lipinski definition) is 3. The molecule has 0 radical (unpaired) electrons. The Morgan fingerprint density at radius 2 is 1.71 bits per heavy atom. The second kappa shape index (κ2) is 6.92. The van der Waals surface area contributed by atoms with Gasteiger partial charge in [-0.1, -0.05) is 36.4 Å². The van der Waals surface area contributed by atoms with Crippen LogP contribution >= 0.6 is 0 Å². The van der Waals surface area contributed by atoms with E-state index in [9.17, 15) is 15.0 Å². The van der Waals surface area contributed by atoms with Gasteiger partial charge in [-0.25, -0.2) is 4.68 Å². The van der Waals surface area contributed by atoms with Crippen LogP contribution in [0.1, 0.15) is 15.9 Å². The fraction of sp³-hybridized carbons (Fsp3) is 0. The highest BCUT2D eigenvalue weighted by atomic mass is 16.3. The predicted octanol–water partition coefficient (Wildman–Crippen LogP) is 3.76. The molecule has 0 saturated heterocycles. The standard InChI is InChI=1S/C22H17N3O3/c23-17-7-4-8-19(21(17)22(28)14-5-2-1-3-6-14)25-18(11-12-24-25)16-10-9-15(26)13-20(16)27/h1-13,26-27H,23H2. The van der Waals surface area contributed by atoms with Crippen molar-refractivity contribution in [3.8, 4) is 28.4 Å². The van der Waals surface area contributed by atoms with Crippen LogP contribution in [0.3, 0.4) is 0 Å². The van der Waals surface area contributed by atoms with Crippen LogP contribution in [0.2, 0.25) is 0 Å². The highest BCUT2D eigenvalue weighted by molar-refractivity contribution is 6.14. The number of phenols is 2. The van der Waals surface area contributed by atoms with Gasteiger partial charge in [0.25, 0.3) is 0 Å². The van der Waals surface area contributed by atoms with E-state index in [1.165, 1.54) is 12.1 Å². The Balaban J connectivity index is 1.90. The first-order chi connectivity index (χ1) is 13.6. The Hall–Kier alpha value is -4.06. The molecule has 6 heteroatoms. The number of nitrogen functional groups attached to an aromatic ring is 1. The van der Waals surface area contributed by atoms with Gasteiger partial charge in [-0.2, -0.15) is 5.10 Å². The molecule has 0 atom stereocenters. The molecule has 28 heavy (non-hydrogen) atoms. The summed E-state index contributed by atoms with van der Waals surface area (Å²) in [7, 11) is 0. The summed E-state index contributed by atoms with van der Waals surface area (Å²) in [6.45, 7) is 0. The number of carbonyl (C=O) groups excluding carboxylic acids is 1. The van der Waals surface area contributed by atoms with Crippen LogP contribution in [0.4, 0.5) is 5.69 Å². The molecule has 0 aliphatic carbocycles. The molecule has 0 saturated carbocycles. The summed E-state index contributed by atoms with van der Waals surface area (Å²) in [5.74, 6) is -0.358. The summed E-state index contributed by atoms with van der Waals surface area (Å²) in [5.41, 5.74) is 8.87. The van der Waals surface area contributed by atoms with E-state index in [2.05, 4.69) is 5.10 Å². The number of nitrogens with two attached hydrogens (primary N) is 1. The summed E-state index contributed by atoms with van der Waals surface area (Å²) in [4.78, 5) is 13.1. The summed E-state index contributed by atoms with van der Waals surface area (Å²) >= 11 is 0. The van der Waals surface area contributed by atoms with Crippen LogP contribution in [0.25, 0.3) is 16.9 Å². The maximum atomic E-state index is 13.1. The Bertz CT molecular complexity index is 1170. The molecule has 138 valence electrons. The molecule has 4 N–H and O–H groups in total. The van der Waals surface area contributed by atoms with Crippen molar-refractivity contribution in [3.05, 3.63) is 90.1 Å². The van der Waals surface area contributed by atoms with Crippen LogP contribution < -0.4 is 5.73 Å². The first-order valence-corrected chi connectivity index (χ1v) is 8.61. The minimum absolute atomic E-state index is 0.0452. The average molecular weight is 371 g/mol. The number of hydrogen-bond acceptors (Lipinski definition) is 5. The third-order valence-corrected chi connectivity index (χ3v) is 4.47. The third kappa shape index (κ3) is 2.97. The zero-order valence-electron chi connectivity index (χ0n) is 14.8. The molecule has 0 aliphatic rings. The minimum atomic E-state index is -0.218. The molecule has 0 aliphatic heterocycles. The van der Waals surface area contributed by atoms with E-state index in [1.54, 1.807) is 65.5 Å². The Morgan fingerprint density at radius 1 is 0.929 bits per heavy atom. The van der Waals surface area contributed by atoms with Crippen LogP contribution in [0.15, 0.2) is 79.0 Å². The van der Waals surface area contributed by atoms with E-state index < -0.39 is 0 Å². The number of carbonyl (C=O) groups is 1. The molecular formula is C22H17N3O3. The van der Waals surface area contributed by atoms with Crippen LogP contribution in [-0.2, 0) is 0 Å². The van der Waals surface area contributed by atoms with Gasteiger partial charge in [0.2, 0.25) is 0 Å². The van der Waals surface area contributed by atoms with Gasteiger partial charge >= 0.3 is 0 Å². The second-order valence-electron chi connectivity index (χ2n) is 6.27. The fourth-order valence-corrected chi connectivity index (χ4v) is 3.15. The van der Waals surface area contributed by atoms with Gasteiger partial charge in [0, 0.05) is 22.9 Å². The van der Waals surface area contributed by atoms with Crippen LogP contribution in [0.5, 0.6) is 11.5 Å². The third-order valence-electron chi connectivity index (χ3n) is 4.47. The molecule has 3 aromatic carbocycles. The van der Waals surface area contributed by atoms with Crippen molar-refractivity contribution in [3.63, 3.8) is 0 Å². The molecule has 4 rings (SSSR count). The number of phenolic OH excluding ortho intramolecular Hbond substituents is 2. The first-order valence-electron chi connectivity index (χ1n) is 8.61. The van der Waals surface area contributed by atoms with Gasteiger partial charge < -0.3 is 15.9 Å². The number of aromatic nitrogens is 2. The topological polar surface area (TPSA) is 101 Å². The van der Waals surface area contributed by atoms with Crippen molar-refractivity contribution in [2.24, 2.45) is 0 Å². The van der Waals surface area contributed by atoms with Crippen molar-refractivity contribution < 1.29 is 15.0 Å². The SMILES string of the molecule is Nc1cccc(-n2nccc2-c2ccc(O)cc2O)c1C(=O)c1ccccc1. The van der Waals surface area contributed by atoms with Gasteiger partial charge in [-0.3, -0.25) is 4.79 Å². The van der Waals surface area contributed by atoms with E-state index >= 15 is 0 Å². The molecule has 1 heterocycles. The zero-order valence-corrected chi connectivity index (χ0v) is 14.8. The van der Waals surface area contributed by atoms with Crippen LogP contribution in [-0.4, -0.2) is 25.8 Å². The summed E-state index contributed by atoms with van der Waals surface area (Å²) in [6, 6.07) is 20.1. The smallest absolute Gasteiger partial charge is 0.197 e. The van der Waals surface area contributed by atoms with Crippen molar-refractivity contribution >= 4 is 11.5 Å². The van der Waals surface area contributed by atoms with E-state index in [0.717, 1.165) is 0 Å². The lowest BCUT2D eigenvalue weighted by atomic mass is 9.99. The molecule has 4 aromatic rings. The Kier molecular flexibility index (Phi) is 4.29. The Morgan fingerprint density at radius 3 is 2.46 bits per heavy atom. The molecule has 0 spiro atoms. The van der Waals surface area contributed by atoms with Gasteiger partial charge in [0.1, 0.15) is 11.5 Å². The predicted molar refractivity (Wildman–Crippen MR) is 107 cm³/mol. The van der Waals surface area contributed by atoms with E-state index in [0.29, 0.717) is 33.8 Å². The summed E-state index contributed by atoms with van der Waals surface area (Å²) in [5, 5.41) is 24.1. The molecule has 1 aromatic heterocycles. The normalized spacial score (nSPS) is 10.7. The molecule has 0 unspecified atom stereocenters. The van der Waals surface area contributed by atoms with Crippen molar-refractivity contribution in [1.29, 1.82) is 0 Å². The maximum absolute atomic E-state index is 13.1. The van der Waals surface area contributed by atoms with Crippen LogP contribution in [0, 0.1) is 0 Å². The summed E-state index contributed by atoms with van der Waals surface area (Å²) < 4.78 is 1.55. The van der Waals surface area contributed by atoms with E-state index in [-0.39, 0.29) is 17.3 Å². The highest BCUT2D eigenvalue weighted by Crippen LogP contribution is 2.34. The lowest BCUT2D eigenvalue weighted by Crippen LogP contribution is -2.12. The number of nitrogens with zero attached hydrogens (tertiary/aromatic N) is 2. The van der Waals surface area contributed by atoms with Gasteiger partial charge in [0.05, 0.1) is 23.1 Å². The summed E-state index contributed by atoms with van der Waals surface area (Å²) in [6.07, 6.45) is 1.57. The van der Waals surface area contributed by atoms with Crippen molar-refractivity contribution in [2.75, 3.05) is 5.73 Å². The molecule has 0 bridgehead atoms. The fourth-order valence-electron chi connectivity index (χ4n) is 3.15. The van der Waals surface area contributed by atoms with E-state index in [4.69, 9.17) is 5.73 Å². The largest absolute Gasteiger partial charge is 0.508 e. The lowest BCUT2D eigenvalue weighted by Gasteiger charge is -2.15. The quantitative estimate of drug-likeness (QED) is 0.374. The van der Waals surface area contributed by atoms with Gasteiger partial charge in [-0.05, 0) is 30.3 Å². The number of benzene rings is 3. The van der Waals surface area contributed by atoms with Gasteiger partial charge in [0.15, 0.2) is 5.78 Å². The molecule has 6 nitrogen and oxygen atoms in total. The number of rotatable bonds is 4. The van der Waals surface area contributed by atoms with Crippen molar-refractivity contribution in [1.82, 2.24) is 9.78 Å². The first kappa shape index (κ1) is 17.4. The van der Waals surface area contributed by atoms with E-state index in [1.807, 2.05) is 6.07 Å². The minimum Gasteiger partial charge on any atom is -0.508 e. The molecule has 0 fully saturated rings. The molecule has 0 amide bonds. The number of ketones is 1. The number of anilines is 1.